The lowest BCUT2D eigenvalue weighted by Gasteiger charge is -2.22. The Hall–Kier alpha value is -2.95. The van der Waals surface area contributed by atoms with Gasteiger partial charge in [0.25, 0.3) is 5.56 Å². The molecule has 2 aliphatic rings. The molecule has 2 aromatic rings. The summed E-state index contributed by atoms with van der Waals surface area (Å²) in [5.41, 5.74) is 0.298. The van der Waals surface area contributed by atoms with Crippen LogP contribution in [0.1, 0.15) is 5.69 Å². The van der Waals surface area contributed by atoms with E-state index in [4.69, 9.17) is 5.26 Å². The van der Waals surface area contributed by atoms with Gasteiger partial charge in [-0.1, -0.05) is 0 Å². The Labute approximate surface area is 139 Å². The zero-order valence-corrected chi connectivity index (χ0v) is 13.3. The quantitative estimate of drug-likeness (QED) is 0.769. The standard InChI is InChI=1S/C16H17N7O/c1-21-15(24)3-2-14(20-21)22-7-11-9-23(10-12(11)8-22)16-18-5-4-13(6-17)19-16/h2-5,11-12H,7-10H2,1H3. The third kappa shape index (κ3) is 2.48. The van der Waals surface area contributed by atoms with Gasteiger partial charge in [-0.15, -0.1) is 0 Å². The predicted octanol–water partition coefficient (Wildman–Crippen LogP) is 0.0146. The number of nitrogens with zero attached hydrogens (tertiary/aromatic N) is 7. The molecule has 0 bridgehead atoms. The summed E-state index contributed by atoms with van der Waals surface area (Å²) >= 11 is 0. The summed E-state index contributed by atoms with van der Waals surface area (Å²) in [6.07, 6.45) is 1.63. The molecule has 0 amide bonds. The second-order valence-corrected chi connectivity index (χ2v) is 6.34. The van der Waals surface area contributed by atoms with E-state index >= 15 is 0 Å². The average Bonchev–Trinajstić information content (AvgIpc) is 3.16. The minimum Gasteiger partial charge on any atom is -0.354 e. The van der Waals surface area contributed by atoms with E-state index in [9.17, 15) is 4.79 Å². The molecule has 0 saturated carbocycles. The Morgan fingerprint density at radius 1 is 1.12 bits per heavy atom. The van der Waals surface area contributed by atoms with Crippen LogP contribution in [0, 0.1) is 23.2 Å². The fourth-order valence-electron chi connectivity index (χ4n) is 3.57. The largest absolute Gasteiger partial charge is 0.354 e. The molecule has 24 heavy (non-hydrogen) atoms. The van der Waals surface area contributed by atoms with Crippen LogP contribution in [0.4, 0.5) is 11.8 Å². The maximum atomic E-state index is 11.5. The molecule has 2 atom stereocenters. The third-order valence-electron chi connectivity index (χ3n) is 4.80. The Morgan fingerprint density at radius 2 is 1.83 bits per heavy atom. The molecular weight excluding hydrogens is 306 g/mol. The summed E-state index contributed by atoms with van der Waals surface area (Å²) in [6, 6.07) is 7.03. The highest BCUT2D eigenvalue weighted by atomic mass is 16.1. The smallest absolute Gasteiger partial charge is 0.266 e. The topological polar surface area (TPSA) is 90.9 Å². The fraction of sp³-hybridized carbons (Fsp3) is 0.438. The molecular formula is C16H17N7O. The minimum atomic E-state index is -0.0983. The van der Waals surface area contributed by atoms with Crippen molar-refractivity contribution in [3.05, 3.63) is 40.4 Å². The molecule has 8 nitrogen and oxygen atoms in total. The van der Waals surface area contributed by atoms with E-state index in [0.29, 0.717) is 23.5 Å². The van der Waals surface area contributed by atoms with Gasteiger partial charge in [-0.2, -0.15) is 10.4 Å². The van der Waals surface area contributed by atoms with E-state index in [1.165, 1.54) is 4.68 Å². The summed E-state index contributed by atoms with van der Waals surface area (Å²) < 4.78 is 1.37. The first-order valence-corrected chi connectivity index (χ1v) is 7.91. The molecule has 4 rings (SSSR count). The lowest BCUT2D eigenvalue weighted by molar-refractivity contribution is 0.533. The summed E-state index contributed by atoms with van der Waals surface area (Å²) in [6.45, 7) is 3.57. The van der Waals surface area contributed by atoms with Crippen LogP contribution in [0.25, 0.3) is 0 Å². The molecule has 2 fully saturated rings. The van der Waals surface area contributed by atoms with Gasteiger partial charge in [0.05, 0.1) is 0 Å². The third-order valence-corrected chi connectivity index (χ3v) is 4.80. The first kappa shape index (κ1) is 14.6. The lowest BCUT2D eigenvalue weighted by Crippen LogP contribution is -2.31. The van der Waals surface area contributed by atoms with Crippen molar-refractivity contribution < 1.29 is 0 Å². The zero-order valence-electron chi connectivity index (χ0n) is 13.3. The average molecular weight is 323 g/mol. The van der Waals surface area contributed by atoms with Crippen molar-refractivity contribution in [2.24, 2.45) is 18.9 Å². The van der Waals surface area contributed by atoms with Crippen molar-refractivity contribution in [2.75, 3.05) is 36.0 Å². The summed E-state index contributed by atoms with van der Waals surface area (Å²) in [4.78, 5) is 24.4. The number of fused-ring (bicyclic) bond motifs is 1. The molecule has 0 spiro atoms. The van der Waals surface area contributed by atoms with E-state index in [-0.39, 0.29) is 5.56 Å². The van der Waals surface area contributed by atoms with Crippen LogP contribution in [0.15, 0.2) is 29.2 Å². The molecule has 2 aliphatic heterocycles. The molecule has 122 valence electrons. The Bertz CT molecular complexity index is 857. The first-order valence-electron chi connectivity index (χ1n) is 7.91. The zero-order chi connectivity index (χ0) is 16.7. The predicted molar refractivity (Wildman–Crippen MR) is 87.6 cm³/mol. The van der Waals surface area contributed by atoms with Gasteiger partial charge >= 0.3 is 0 Å². The molecule has 2 unspecified atom stereocenters. The van der Waals surface area contributed by atoms with Crippen molar-refractivity contribution in [1.29, 1.82) is 5.26 Å². The van der Waals surface area contributed by atoms with Gasteiger partial charge in [0.1, 0.15) is 17.6 Å². The van der Waals surface area contributed by atoms with Crippen LogP contribution in [-0.4, -0.2) is 45.9 Å². The van der Waals surface area contributed by atoms with Gasteiger partial charge < -0.3 is 9.80 Å². The van der Waals surface area contributed by atoms with Gasteiger partial charge in [-0.3, -0.25) is 4.79 Å². The second kappa shape index (κ2) is 5.60. The maximum absolute atomic E-state index is 11.5. The summed E-state index contributed by atoms with van der Waals surface area (Å²) in [5.74, 6) is 2.51. The van der Waals surface area contributed by atoms with Crippen LogP contribution in [-0.2, 0) is 7.05 Å². The Balaban J connectivity index is 1.47. The second-order valence-electron chi connectivity index (χ2n) is 6.34. The first-order chi connectivity index (χ1) is 11.6. The van der Waals surface area contributed by atoms with E-state index < -0.39 is 0 Å². The molecule has 0 N–H and O–H groups in total. The van der Waals surface area contributed by atoms with Crippen LogP contribution in [0.3, 0.4) is 0 Å². The highest BCUT2D eigenvalue weighted by molar-refractivity contribution is 5.42. The fourth-order valence-corrected chi connectivity index (χ4v) is 3.57. The molecule has 4 heterocycles. The summed E-state index contributed by atoms with van der Waals surface area (Å²) in [5, 5.41) is 13.3. The van der Waals surface area contributed by atoms with E-state index in [0.717, 1.165) is 32.0 Å². The van der Waals surface area contributed by atoms with Crippen LogP contribution in [0.5, 0.6) is 0 Å². The highest BCUT2D eigenvalue weighted by Gasteiger charge is 2.41. The van der Waals surface area contributed by atoms with Crippen molar-refractivity contribution in [3.8, 4) is 6.07 Å². The number of hydrogen-bond acceptors (Lipinski definition) is 7. The summed E-state index contributed by atoms with van der Waals surface area (Å²) in [7, 11) is 1.67. The number of hydrogen-bond donors (Lipinski definition) is 0. The van der Waals surface area contributed by atoms with E-state index in [1.54, 1.807) is 31.4 Å². The number of rotatable bonds is 2. The number of anilines is 2. The number of aromatic nitrogens is 4. The van der Waals surface area contributed by atoms with E-state index in [2.05, 4.69) is 30.9 Å². The van der Waals surface area contributed by atoms with Crippen molar-refractivity contribution in [2.45, 2.75) is 0 Å². The van der Waals surface area contributed by atoms with Gasteiger partial charge in [0, 0.05) is 57.3 Å². The normalized spacial score (nSPS) is 22.5. The monoisotopic (exact) mass is 323 g/mol. The van der Waals surface area contributed by atoms with Crippen LogP contribution in [0.2, 0.25) is 0 Å². The molecule has 0 aliphatic carbocycles. The Morgan fingerprint density at radius 3 is 2.50 bits per heavy atom. The minimum absolute atomic E-state index is 0.0983. The molecule has 2 saturated heterocycles. The lowest BCUT2D eigenvalue weighted by atomic mass is 10.0. The van der Waals surface area contributed by atoms with Crippen molar-refractivity contribution in [1.82, 2.24) is 19.7 Å². The van der Waals surface area contributed by atoms with Crippen molar-refractivity contribution in [3.63, 3.8) is 0 Å². The molecule has 2 aromatic heterocycles. The van der Waals surface area contributed by atoms with Crippen molar-refractivity contribution >= 4 is 11.8 Å². The van der Waals surface area contributed by atoms with E-state index in [1.807, 2.05) is 0 Å². The van der Waals surface area contributed by atoms with Gasteiger partial charge in [0.15, 0.2) is 0 Å². The van der Waals surface area contributed by atoms with Gasteiger partial charge in [0.2, 0.25) is 5.95 Å². The van der Waals surface area contributed by atoms with Crippen LogP contribution < -0.4 is 15.4 Å². The molecule has 0 aromatic carbocycles. The number of aryl methyl sites for hydroxylation is 1. The highest BCUT2D eigenvalue weighted by Crippen LogP contribution is 2.34. The van der Waals surface area contributed by atoms with Gasteiger partial charge in [-0.05, 0) is 12.1 Å². The maximum Gasteiger partial charge on any atom is 0.266 e. The van der Waals surface area contributed by atoms with Crippen LogP contribution >= 0.6 is 0 Å². The Kier molecular flexibility index (Phi) is 3.41. The SMILES string of the molecule is Cn1nc(N2CC3CN(c4nccc(C#N)n4)CC3C2)ccc1=O. The molecule has 8 heteroatoms. The number of nitriles is 1. The van der Waals surface area contributed by atoms with Gasteiger partial charge in [-0.25, -0.2) is 14.6 Å². The molecule has 0 radical (unpaired) electrons.